The zero-order chi connectivity index (χ0) is 18.9. The monoisotopic (exact) mass is 360 g/mol. The molecule has 1 aliphatic heterocycles. The van der Waals surface area contributed by atoms with E-state index in [1.165, 1.54) is 5.56 Å². The molecule has 2 rings (SSSR count). The van der Waals surface area contributed by atoms with Crippen LogP contribution in [0, 0.1) is 12.8 Å². The molecule has 1 atom stereocenters. The fourth-order valence-electron chi connectivity index (χ4n) is 2.98. The lowest BCUT2D eigenvalue weighted by atomic mass is 10.2. The van der Waals surface area contributed by atoms with Crippen LogP contribution in [-0.2, 0) is 4.79 Å². The molecule has 1 heterocycles. The summed E-state index contributed by atoms with van der Waals surface area (Å²) < 4.78 is 5.74. The van der Waals surface area contributed by atoms with Crippen LogP contribution >= 0.6 is 0 Å². The molecule has 1 unspecified atom stereocenters. The maximum Gasteiger partial charge on any atom is 0.225 e. The summed E-state index contributed by atoms with van der Waals surface area (Å²) in [7, 11) is 0. The van der Waals surface area contributed by atoms with Gasteiger partial charge in [0.05, 0.1) is 6.54 Å². The minimum atomic E-state index is 0.0504. The van der Waals surface area contributed by atoms with Gasteiger partial charge >= 0.3 is 0 Å². The first kappa shape index (κ1) is 20.1. The Morgan fingerprint density at radius 2 is 2.23 bits per heavy atom. The molecule has 1 saturated heterocycles. The van der Waals surface area contributed by atoms with Gasteiger partial charge < -0.3 is 20.3 Å². The minimum Gasteiger partial charge on any atom is -0.492 e. The Kier molecular flexibility index (Phi) is 7.75. The van der Waals surface area contributed by atoms with E-state index in [1.807, 2.05) is 56.9 Å². The number of rotatable bonds is 7. The molecular formula is C20H32N4O2. The van der Waals surface area contributed by atoms with Crippen LogP contribution in [0.25, 0.3) is 0 Å². The number of guanidine groups is 1. The van der Waals surface area contributed by atoms with Crippen molar-refractivity contribution in [3.63, 3.8) is 0 Å². The van der Waals surface area contributed by atoms with Gasteiger partial charge in [-0.1, -0.05) is 26.0 Å². The third-order valence-electron chi connectivity index (χ3n) is 4.30. The Morgan fingerprint density at radius 3 is 2.92 bits per heavy atom. The van der Waals surface area contributed by atoms with Crippen molar-refractivity contribution >= 4 is 11.9 Å². The Hall–Kier alpha value is -2.24. The maximum atomic E-state index is 12.1. The summed E-state index contributed by atoms with van der Waals surface area (Å²) in [6.45, 7) is 11.4. The van der Waals surface area contributed by atoms with Crippen molar-refractivity contribution in [2.45, 2.75) is 40.2 Å². The highest BCUT2D eigenvalue weighted by Crippen LogP contribution is 2.13. The van der Waals surface area contributed by atoms with Gasteiger partial charge in [0.1, 0.15) is 12.4 Å². The molecule has 0 spiro atoms. The fraction of sp³-hybridized carbons (Fsp3) is 0.600. The number of likely N-dealkylation sites (tertiary alicyclic amines) is 1. The molecule has 1 aliphatic rings. The average Bonchev–Trinajstić information content (AvgIpc) is 3.06. The molecule has 1 amide bonds. The Balaban J connectivity index is 1.80. The van der Waals surface area contributed by atoms with Crippen molar-refractivity contribution in [3.8, 4) is 5.75 Å². The van der Waals surface area contributed by atoms with Crippen LogP contribution in [0.5, 0.6) is 5.75 Å². The summed E-state index contributed by atoms with van der Waals surface area (Å²) in [5, 5.41) is 6.70. The Bertz CT molecular complexity index is 616. The topological polar surface area (TPSA) is 66.0 Å². The first-order valence-corrected chi connectivity index (χ1v) is 9.52. The summed E-state index contributed by atoms with van der Waals surface area (Å²) in [6, 6.07) is 8.26. The van der Waals surface area contributed by atoms with Crippen LogP contribution in [-0.4, -0.2) is 55.6 Å². The molecule has 2 N–H and O–H groups in total. The Morgan fingerprint density at radius 1 is 1.42 bits per heavy atom. The van der Waals surface area contributed by atoms with Crippen LogP contribution in [0.15, 0.2) is 29.3 Å². The molecule has 6 nitrogen and oxygen atoms in total. The van der Waals surface area contributed by atoms with E-state index < -0.39 is 0 Å². The van der Waals surface area contributed by atoms with E-state index in [-0.39, 0.29) is 17.9 Å². The molecule has 0 saturated carbocycles. The predicted octanol–water partition coefficient (Wildman–Crippen LogP) is 2.19. The van der Waals surface area contributed by atoms with E-state index >= 15 is 0 Å². The van der Waals surface area contributed by atoms with Gasteiger partial charge in [0, 0.05) is 31.6 Å². The highest BCUT2D eigenvalue weighted by atomic mass is 16.5. The number of ether oxygens (including phenoxy) is 1. The van der Waals surface area contributed by atoms with E-state index in [2.05, 4.69) is 15.6 Å². The summed E-state index contributed by atoms with van der Waals surface area (Å²) in [6.07, 6.45) is 0.947. The van der Waals surface area contributed by atoms with Crippen molar-refractivity contribution in [2.75, 3.05) is 32.8 Å². The fourth-order valence-corrected chi connectivity index (χ4v) is 2.98. The summed E-state index contributed by atoms with van der Waals surface area (Å²) >= 11 is 0. The molecule has 144 valence electrons. The SMILES string of the molecule is CCNC(=NCCOc1cccc(C)c1)NC1CCN(C(=O)C(C)C)C1. The molecule has 0 bridgehead atoms. The van der Waals surface area contributed by atoms with Crippen molar-refractivity contribution < 1.29 is 9.53 Å². The average molecular weight is 361 g/mol. The number of hydrogen-bond acceptors (Lipinski definition) is 3. The van der Waals surface area contributed by atoms with Crippen molar-refractivity contribution in [3.05, 3.63) is 29.8 Å². The lowest BCUT2D eigenvalue weighted by Gasteiger charge is -2.20. The number of aliphatic imine (C=N–C) groups is 1. The van der Waals surface area contributed by atoms with E-state index in [1.54, 1.807) is 0 Å². The molecule has 0 aliphatic carbocycles. The third-order valence-corrected chi connectivity index (χ3v) is 4.30. The molecule has 0 aromatic heterocycles. The van der Waals surface area contributed by atoms with Gasteiger partial charge in [0.15, 0.2) is 5.96 Å². The first-order valence-electron chi connectivity index (χ1n) is 9.52. The predicted molar refractivity (Wildman–Crippen MR) is 106 cm³/mol. The van der Waals surface area contributed by atoms with Gasteiger partial charge in [-0.25, -0.2) is 4.99 Å². The number of nitrogens with one attached hydrogen (secondary N) is 2. The molecule has 0 radical (unpaired) electrons. The second-order valence-corrected chi connectivity index (χ2v) is 6.99. The standard InChI is InChI=1S/C20H32N4O2/c1-5-21-20(22-10-12-26-18-8-6-7-16(4)13-18)23-17-9-11-24(14-17)19(25)15(2)3/h6-8,13,15,17H,5,9-12,14H2,1-4H3,(H2,21,22,23). The molecule has 26 heavy (non-hydrogen) atoms. The number of carbonyl (C=O) groups is 1. The van der Waals surface area contributed by atoms with Gasteiger partial charge in [-0.05, 0) is 38.0 Å². The lowest BCUT2D eigenvalue weighted by molar-refractivity contribution is -0.133. The number of benzene rings is 1. The van der Waals surface area contributed by atoms with Crippen LogP contribution in [0.3, 0.4) is 0 Å². The zero-order valence-corrected chi connectivity index (χ0v) is 16.4. The van der Waals surface area contributed by atoms with E-state index in [4.69, 9.17) is 4.74 Å². The third kappa shape index (κ3) is 6.24. The van der Waals surface area contributed by atoms with Gasteiger partial charge in [0.2, 0.25) is 5.91 Å². The summed E-state index contributed by atoms with van der Waals surface area (Å²) in [5.41, 5.74) is 1.18. The summed E-state index contributed by atoms with van der Waals surface area (Å²) in [5.74, 6) is 1.93. The maximum absolute atomic E-state index is 12.1. The normalized spacial score (nSPS) is 17.5. The molecule has 1 aromatic rings. The van der Waals surface area contributed by atoms with Gasteiger partial charge in [-0.2, -0.15) is 0 Å². The van der Waals surface area contributed by atoms with Gasteiger partial charge in [0.25, 0.3) is 0 Å². The minimum absolute atomic E-state index is 0.0504. The van der Waals surface area contributed by atoms with Crippen molar-refractivity contribution in [1.29, 1.82) is 0 Å². The molecule has 1 fully saturated rings. The van der Waals surface area contributed by atoms with Crippen LogP contribution < -0.4 is 15.4 Å². The van der Waals surface area contributed by atoms with Gasteiger partial charge in [-0.15, -0.1) is 0 Å². The highest BCUT2D eigenvalue weighted by Gasteiger charge is 2.27. The van der Waals surface area contributed by atoms with Crippen LogP contribution in [0.2, 0.25) is 0 Å². The second-order valence-electron chi connectivity index (χ2n) is 6.99. The largest absolute Gasteiger partial charge is 0.492 e. The molecular weight excluding hydrogens is 328 g/mol. The second kappa shape index (κ2) is 10.0. The lowest BCUT2D eigenvalue weighted by Crippen LogP contribution is -2.45. The van der Waals surface area contributed by atoms with Crippen LogP contribution in [0.1, 0.15) is 32.8 Å². The van der Waals surface area contributed by atoms with Gasteiger partial charge in [-0.3, -0.25) is 4.79 Å². The quantitative estimate of drug-likeness (QED) is 0.444. The number of nitrogens with zero attached hydrogens (tertiary/aromatic N) is 2. The van der Waals surface area contributed by atoms with E-state index in [0.717, 1.165) is 37.8 Å². The van der Waals surface area contributed by atoms with Crippen molar-refractivity contribution in [2.24, 2.45) is 10.9 Å². The highest BCUT2D eigenvalue weighted by molar-refractivity contribution is 5.81. The molecule has 6 heteroatoms. The number of hydrogen-bond donors (Lipinski definition) is 2. The van der Waals surface area contributed by atoms with Crippen LogP contribution in [0.4, 0.5) is 0 Å². The number of carbonyl (C=O) groups excluding carboxylic acids is 1. The summed E-state index contributed by atoms with van der Waals surface area (Å²) in [4.78, 5) is 18.6. The number of amides is 1. The first-order chi connectivity index (χ1) is 12.5. The number of aryl methyl sites for hydroxylation is 1. The smallest absolute Gasteiger partial charge is 0.225 e. The Labute approximate surface area is 157 Å². The van der Waals surface area contributed by atoms with Crippen molar-refractivity contribution in [1.82, 2.24) is 15.5 Å². The van der Waals surface area contributed by atoms with E-state index in [0.29, 0.717) is 13.2 Å². The zero-order valence-electron chi connectivity index (χ0n) is 16.4. The molecule has 1 aromatic carbocycles. The van der Waals surface area contributed by atoms with E-state index in [9.17, 15) is 4.79 Å².